The predicted octanol–water partition coefficient (Wildman–Crippen LogP) is 4.73. The summed E-state index contributed by atoms with van der Waals surface area (Å²) in [5.41, 5.74) is 1.35. The second-order valence-electron chi connectivity index (χ2n) is 8.57. The molecule has 0 bridgehead atoms. The molecule has 0 saturated heterocycles. The van der Waals surface area contributed by atoms with Crippen LogP contribution in [0.2, 0.25) is 5.15 Å². The molecule has 0 spiro atoms. The highest BCUT2D eigenvalue weighted by atomic mass is 35.5. The van der Waals surface area contributed by atoms with E-state index in [4.69, 9.17) is 21.1 Å². The number of esters is 1. The van der Waals surface area contributed by atoms with Gasteiger partial charge in [-0.05, 0) is 58.7 Å². The van der Waals surface area contributed by atoms with E-state index in [1.807, 2.05) is 52.0 Å². The van der Waals surface area contributed by atoms with Gasteiger partial charge in [0.05, 0.1) is 13.2 Å². The maximum atomic E-state index is 13.5. The molecule has 0 radical (unpaired) electrons. The van der Waals surface area contributed by atoms with Gasteiger partial charge in [0.25, 0.3) is 5.56 Å². The van der Waals surface area contributed by atoms with Crippen molar-refractivity contribution in [2.24, 2.45) is 0 Å². The fraction of sp³-hybridized carbons (Fsp3) is 0.417. The average Bonchev–Trinajstić information content (AvgIpc) is 2.72. The van der Waals surface area contributed by atoms with Crippen LogP contribution in [0.1, 0.15) is 57.8 Å². The number of benzene rings is 1. The highest BCUT2D eigenvalue weighted by Crippen LogP contribution is 2.28. The van der Waals surface area contributed by atoms with Crippen molar-refractivity contribution >= 4 is 28.7 Å². The van der Waals surface area contributed by atoms with Gasteiger partial charge in [-0.1, -0.05) is 29.8 Å². The summed E-state index contributed by atoms with van der Waals surface area (Å²) >= 11 is 6.13. The quantitative estimate of drug-likeness (QED) is 0.377. The first kappa shape index (κ1) is 23.7. The summed E-state index contributed by atoms with van der Waals surface area (Å²) in [6, 6.07) is 10.5. The molecule has 1 atom stereocenters. The number of hydrogen-bond donors (Lipinski definition) is 0. The van der Waals surface area contributed by atoms with Crippen LogP contribution in [-0.2, 0) is 16.0 Å². The monoisotopic (exact) mass is 457 g/mol. The van der Waals surface area contributed by atoms with Crippen LogP contribution in [0.25, 0.3) is 11.2 Å². The van der Waals surface area contributed by atoms with Crippen molar-refractivity contribution in [1.82, 2.24) is 14.5 Å². The van der Waals surface area contributed by atoms with Gasteiger partial charge in [0, 0.05) is 12.0 Å². The number of fused-ring (bicyclic) bond motifs is 1. The van der Waals surface area contributed by atoms with Gasteiger partial charge in [-0.3, -0.25) is 14.2 Å². The number of halogens is 1. The van der Waals surface area contributed by atoms with Gasteiger partial charge in [0.2, 0.25) is 0 Å². The number of carbonyl (C=O) groups excluding carboxylic acids is 1. The maximum Gasteiger partial charge on any atom is 0.306 e. The molecule has 3 aromatic rings. The summed E-state index contributed by atoms with van der Waals surface area (Å²) < 4.78 is 12.4. The molecule has 7 nitrogen and oxygen atoms in total. The van der Waals surface area contributed by atoms with Crippen LogP contribution in [0.4, 0.5) is 0 Å². The molecular formula is C24H28ClN3O4. The van der Waals surface area contributed by atoms with Gasteiger partial charge in [-0.25, -0.2) is 9.97 Å². The topological polar surface area (TPSA) is 83.3 Å². The van der Waals surface area contributed by atoms with Gasteiger partial charge in [-0.15, -0.1) is 0 Å². The van der Waals surface area contributed by atoms with Crippen molar-refractivity contribution in [2.75, 3.05) is 7.11 Å². The Kier molecular flexibility index (Phi) is 7.19. The average molecular weight is 458 g/mol. The normalized spacial score (nSPS) is 12.6. The molecule has 0 unspecified atom stereocenters. The molecule has 0 aliphatic rings. The number of methoxy groups -OCH3 is 1. The van der Waals surface area contributed by atoms with E-state index in [-0.39, 0.29) is 29.1 Å². The van der Waals surface area contributed by atoms with Crippen LogP contribution < -0.4 is 10.3 Å². The number of ether oxygens (including phenoxy) is 2. The Hall–Kier alpha value is -2.93. The minimum atomic E-state index is -0.542. The molecule has 8 heteroatoms. The van der Waals surface area contributed by atoms with Crippen LogP contribution in [-0.4, -0.2) is 33.2 Å². The molecule has 0 N–H and O–H groups in total. The summed E-state index contributed by atoms with van der Waals surface area (Å²) in [5.74, 6) is 0.375. The summed E-state index contributed by atoms with van der Waals surface area (Å²) in [5, 5.41) is 0.275. The van der Waals surface area contributed by atoms with E-state index in [1.54, 1.807) is 23.8 Å². The summed E-state index contributed by atoms with van der Waals surface area (Å²) in [4.78, 5) is 34.4. The number of para-hydroxylation sites is 1. The van der Waals surface area contributed by atoms with Crippen LogP contribution >= 0.6 is 11.6 Å². The summed E-state index contributed by atoms with van der Waals surface area (Å²) in [6.07, 6.45) is 0.999. The largest absolute Gasteiger partial charge is 0.496 e. The third kappa shape index (κ3) is 5.46. The molecule has 0 fully saturated rings. The molecule has 1 aromatic carbocycles. The smallest absolute Gasteiger partial charge is 0.306 e. The van der Waals surface area contributed by atoms with E-state index in [0.717, 1.165) is 5.56 Å². The number of aromatic nitrogens is 3. The molecule has 0 aliphatic carbocycles. The van der Waals surface area contributed by atoms with E-state index in [9.17, 15) is 9.59 Å². The standard InChI is InChI=1S/C24H28ClN3O4/c1-15(16-9-6-7-11-19(16)31-5)28-22-17(13-14-20(25)27-22)26-18(23(28)30)10-8-12-21(29)32-24(2,3)4/h6-7,9,11,13-15H,8,10,12H2,1-5H3/t15-/m0/s1. The minimum absolute atomic E-state index is 0.206. The zero-order chi connectivity index (χ0) is 23.5. The van der Waals surface area contributed by atoms with E-state index in [1.165, 1.54) is 0 Å². The molecule has 0 amide bonds. The predicted molar refractivity (Wildman–Crippen MR) is 124 cm³/mol. The van der Waals surface area contributed by atoms with Crippen molar-refractivity contribution in [3.05, 3.63) is 63.2 Å². The molecular weight excluding hydrogens is 430 g/mol. The maximum absolute atomic E-state index is 13.5. The van der Waals surface area contributed by atoms with Gasteiger partial charge in [-0.2, -0.15) is 0 Å². The van der Waals surface area contributed by atoms with E-state index >= 15 is 0 Å². The zero-order valence-electron chi connectivity index (χ0n) is 19.0. The van der Waals surface area contributed by atoms with Crippen LogP contribution in [0, 0.1) is 0 Å². The Morgan fingerprint density at radius 2 is 1.88 bits per heavy atom. The van der Waals surface area contributed by atoms with Crippen LogP contribution in [0.3, 0.4) is 0 Å². The van der Waals surface area contributed by atoms with Crippen molar-refractivity contribution in [3.63, 3.8) is 0 Å². The highest BCUT2D eigenvalue weighted by Gasteiger charge is 2.21. The Labute approximate surface area is 192 Å². The molecule has 3 rings (SSSR count). The zero-order valence-corrected chi connectivity index (χ0v) is 19.8. The number of aryl methyl sites for hydroxylation is 1. The lowest BCUT2D eigenvalue weighted by Crippen LogP contribution is -2.30. The summed E-state index contributed by atoms with van der Waals surface area (Å²) in [6.45, 7) is 7.38. The Morgan fingerprint density at radius 3 is 2.56 bits per heavy atom. The van der Waals surface area contributed by atoms with Crippen LogP contribution in [0.5, 0.6) is 5.75 Å². The second-order valence-corrected chi connectivity index (χ2v) is 8.96. The Morgan fingerprint density at radius 1 is 1.16 bits per heavy atom. The first-order valence-electron chi connectivity index (χ1n) is 10.5. The molecule has 2 aromatic heterocycles. The third-order valence-electron chi connectivity index (χ3n) is 4.96. The number of rotatable bonds is 7. The van der Waals surface area contributed by atoms with E-state index in [0.29, 0.717) is 35.4 Å². The lowest BCUT2D eigenvalue weighted by atomic mass is 10.1. The molecule has 170 valence electrons. The molecule has 2 heterocycles. The van der Waals surface area contributed by atoms with Gasteiger partial charge in [0.1, 0.15) is 27.7 Å². The third-order valence-corrected chi connectivity index (χ3v) is 5.17. The van der Waals surface area contributed by atoms with Crippen molar-refractivity contribution in [1.29, 1.82) is 0 Å². The first-order valence-corrected chi connectivity index (χ1v) is 10.9. The number of nitrogens with zero attached hydrogens (tertiary/aromatic N) is 3. The number of hydrogen-bond acceptors (Lipinski definition) is 6. The number of carbonyl (C=O) groups is 1. The SMILES string of the molecule is COc1ccccc1[C@H](C)n1c(=O)c(CCCC(=O)OC(C)(C)C)nc2ccc(Cl)nc21. The highest BCUT2D eigenvalue weighted by molar-refractivity contribution is 6.29. The lowest BCUT2D eigenvalue weighted by molar-refractivity contribution is -0.154. The first-order chi connectivity index (χ1) is 15.1. The van der Waals surface area contributed by atoms with Crippen molar-refractivity contribution < 1.29 is 14.3 Å². The van der Waals surface area contributed by atoms with Gasteiger partial charge < -0.3 is 9.47 Å². The number of pyridine rings is 1. The Balaban J connectivity index is 2.00. The second kappa shape index (κ2) is 9.69. The van der Waals surface area contributed by atoms with E-state index in [2.05, 4.69) is 9.97 Å². The minimum Gasteiger partial charge on any atom is -0.496 e. The van der Waals surface area contributed by atoms with Gasteiger partial charge >= 0.3 is 5.97 Å². The van der Waals surface area contributed by atoms with Crippen molar-refractivity contribution in [3.8, 4) is 5.75 Å². The van der Waals surface area contributed by atoms with Crippen molar-refractivity contribution in [2.45, 2.75) is 58.6 Å². The fourth-order valence-corrected chi connectivity index (χ4v) is 3.72. The molecule has 32 heavy (non-hydrogen) atoms. The lowest BCUT2D eigenvalue weighted by Gasteiger charge is -2.21. The fourth-order valence-electron chi connectivity index (χ4n) is 3.58. The molecule has 0 aliphatic heterocycles. The summed E-state index contributed by atoms with van der Waals surface area (Å²) in [7, 11) is 1.59. The Bertz CT molecular complexity index is 1180. The van der Waals surface area contributed by atoms with Gasteiger partial charge in [0.15, 0.2) is 5.65 Å². The molecule has 0 saturated carbocycles. The van der Waals surface area contributed by atoms with E-state index < -0.39 is 5.60 Å². The van der Waals surface area contributed by atoms with Crippen LogP contribution in [0.15, 0.2) is 41.2 Å².